The zero-order chi connectivity index (χ0) is 16.8. The van der Waals surface area contributed by atoms with E-state index in [1.54, 1.807) is 6.07 Å². The summed E-state index contributed by atoms with van der Waals surface area (Å²) >= 11 is 0. The van der Waals surface area contributed by atoms with Crippen molar-refractivity contribution in [3.05, 3.63) is 59.7 Å². The lowest BCUT2D eigenvalue weighted by atomic mass is 10.0. The number of aryl methyl sites for hydroxylation is 1. The van der Waals surface area contributed by atoms with Gasteiger partial charge in [0.05, 0.1) is 0 Å². The van der Waals surface area contributed by atoms with E-state index in [0.29, 0.717) is 25.1 Å². The first-order valence-electron chi connectivity index (χ1n) is 8.07. The van der Waals surface area contributed by atoms with Crippen molar-refractivity contribution in [2.75, 3.05) is 18.5 Å². The molecule has 2 aromatic carbocycles. The van der Waals surface area contributed by atoms with Gasteiger partial charge in [-0.25, -0.2) is 0 Å². The van der Waals surface area contributed by atoms with Gasteiger partial charge in [0, 0.05) is 18.7 Å². The molecule has 0 unspecified atom stereocenters. The molecule has 1 aliphatic heterocycles. The number of fused-ring (bicyclic) bond motifs is 1. The van der Waals surface area contributed by atoms with Gasteiger partial charge >= 0.3 is 0 Å². The number of anilines is 1. The molecule has 5 nitrogen and oxygen atoms in total. The molecule has 2 amide bonds. The van der Waals surface area contributed by atoms with E-state index in [0.717, 1.165) is 17.7 Å². The minimum atomic E-state index is -0.142. The standard InChI is InChI=1S/C19H20N2O3/c22-18-9-6-15-12-16(7-8-17(15)21-18)24-13-19(23)20-11-10-14-4-2-1-3-5-14/h1-5,7-8,12H,6,9-11,13H2,(H,20,23)(H,21,22). The average molecular weight is 324 g/mol. The monoisotopic (exact) mass is 324 g/mol. The molecule has 5 heteroatoms. The maximum Gasteiger partial charge on any atom is 0.257 e. The Kier molecular flexibility index (Phi) is 5.11. The lowest BCUT2D eigenvalue weighted by molar-refractivity contribution is -0.123. The third kappa shape index (κ3) is 4.35. The van der Waals surface area contributed by atoms with Gasteiger partial charge in [0.1, 0.15) is 5.75 Å². The van der Waals surface area contributed by atoms with Crippen molar-refractivity contribution in [3.63, 3.8) is 0 Å². The van der Waals surface area contributed by atoms with Gasteiger partial charge in [-0.05, 0) is 42.2 Å². The predicted molar refractivity (Wildman–Crippen MR) is 92.0 cm³/mol. The highest BCUT2D eigenvalue weighted by Crippen LogP contribution is 2.26. The zero-order valence-corrected chi connectivity index (χ0v) is 13.4. The Labute approximate surface area is 141 Å². The van der Waals surface area contributed by atoms with E-state index in [1.807, 2.05) is 42.5 Å². The fourth-order valence-corrected chi connectivity index (χ4v) is 2.64. The van der Waals surface area contributed by atoms with Crippen LogP contribution in [0.5, 0.6) is 5.75 Å². The Balaban J connectivity index is 1.44. The molecule has 0 aromatic heterocycles. The van der Waals surface area contributed by atoms with E-state index in [4.69, 9.17) is 4.74 Å². The van der Waals surface area contributed by atoms with Gasteiger partial charge in [0.2, 0.25) is 5.91 Å². The molecular weight excluding hydrogens is 304 g/mol. The molecule has 1 heterocycles. The highest BCUT2D eigenvalue weighted by molar-refractivity contribution is 5.94. The number of ether oxygens (including phenoxy) is 1. The number of carbonyl (C=O) groups excluding carboxylic acids is 2. The molecule has 0 atom stereocenters. The fourth-order valence-electron chi connectivity index (χ4n) is 2.64. The first-order chi connectivity index (χ1) is 11.7. The molecule has 0 saturated carbocycles. The largest absolute Gasteiger partial charge is 0.484 e. The van der Waals surface area contributed by atoms with Crippen LogP contribution in [0, 0.1) is 0 Å². The minimum Gasteiger partial charge on any atom is -0.484 e. The molecule has 0 fully saturated rings. The van der Waals surface area contributed by atoms with Crippen LogP contribution in [0.3, 0.4) is 0 Å². The van der Waals surface area contributed by atoms with Crippen LogP contribution in [0.2, 0.25) is 0 Å². The van der Waals surface area contributed by atoms with Crippen LogP contribution < -0.4 is 15.4 Å². The normalized spacial score (nSPS) is 12.9. The van der Waals surface area contributed by atoms with Gasteiger partial charge in [-0.1, -0.05) is 30.3 Å². The molecule has 0 aliphatic carbocycles. The van der Waals surface area contributed by atoms with E-state index in [9.17, 15) is 9.59 Å². The van der Waals surface area contributed by atoms with Gasteiger partial charge < -0.3 is 15.4 Å². The highest BCUT2D eigenvalue weighted by atomic mass is 16.5. The van der Waals surface area contributed by atoms with Gasteiger partial charge in [-0.2, -0.15) is 0 Å². The Morgan fingerprint density at radius 3 is 2.79 bits per heavy atom. The Morgan fingerprint density at radius 2 is 1.96 bits per heavy atom. The molecule has 0 radical (unpaired) electrons. The van der Waals surface area contributed by atoms with Crippen molar-refractivity contribution in [2.24, 2.45) is 0 Å². The minimum absolute atomic E-state index is 0.0140. The lowest BCUT2D eigenvalue weighted by Crippen LogP contribution is -2.30. The molecule has 0 bridgehead atoms. The van der Waals surface area contributed by atoms with Crippen molar-refractivity contribution in [2.45, 2.75) is 19.3 Å². The molecule has 124 valence electrons. The first kappa shape index (κ1) is 16.1. The topological polar surface area (TPSA) is 67.4 Å². The maximum absolute atomic E-state index is 11.8. The van der Waals surface area contributed by atoms with Crippen molar-refractivity contribution in [1.82, 2.24) is 5.32 Å². The molecule has 2 aromatic rings. The maximum atomic E-state index is 11.8. The predicted octanol–water partition coefficient (Wildman–Crippen LogP) is 2.31. The summed E-state index contributed by atoms with van der Waals surface area (Å²) in [5.41, 5.74) is 3.05. The summed E-state index contributed by atoms with van der Waals surface area (Å²) < 4.78 is 5.54. The summed E-state index contributed by atoms with van der Waals surface area (Å²) in [7, 11) is 0. The van der Waals surface area contributed by atoms with Crippen LogP contribution in [0.25, 0.3) is 0 Å². The summed E-state index contributed by atoms with van der Waals surface area (Å²) in [5, 5.41) is 5.67. The number of amides is 2. The van der Waals surface area contributed by atoms with Gasteiger partial charge in [-0.3, -0.25) is 9.59 Å². The van der Waals surface area contributed by atoms with Crippen LogP contribution in [0.15, 0.2) is 48.5 Å². The molecule has 0 spiro atoms. The molecule has 24 heavy (non-hydrogen) atoms. The van der Waals surface area contributed by atoms with Crippen LogP contribution in [0.4, 0.5) is 5.69 Å². The number of nitrogens with one attached hydrogen (secondary N) is 2. The SMILES string of the molecule is O=C(COc1ccc2c(c1)CCC(=O)N2)NCCc1ccccc1. The van der Waals surface area contributed by atoms with Crippen LogP contribution in [0.1, 0.15) is 17.5 Å². The van der Waals surface area contributed by atoms with E-state index < -0.39 is 0 Å². The summed E-state index contributed by atoms with van der Waals surface area (Å²) in [4.78, 5) is 23.2. The summed E-state index contributed by atoms with van der Waals surface area (Å²) in [6, 6.07) is 15.5. The average Bonchev–Trinajstić information content (AvgIpc) is 2.61. The van der Waals surface area contributed by atoms with Gasteiger partial charge in [0.25, 0.3) is 5.91 Å². The molecule has 1 aliphatic rings. The number of rotatable bonds is 6. The van der Waals surface area contributed by atoms with E-state index in [1.165, 1.54) is 5.56 Å². The highest BCUT2D eigenvalue weighted by Gasteiger charge is 2.15. The number of benzene rings is 2. The molecule has 2 N–H and O–H groups in total. The molecule has 0 saturated heterocycles. The second-order valence-electron chi connectivity index (χ2n) is 5.74. The van der Waals surface area contributed by atoms with Crippen molar-refractivity contribution in [1.29, 1.82) is 0 Å². The molecular formula is C19H20N2O3. The van der Waals surface area contributed by atoms with E-state index in [-0.39, 0.29) is 18.4 Å². The van der Waals surface area contributed by atoms with E-state index >= 15 is 0 Å². The number of hydrogen-bond acceptors (Lipinski definition) is 3. The Morgan fingerprint density at radius 1 is 1.12 bits per heavy atom. The third-order valence-electron chi connectivity index (χ3n) is 3.92. The zero-order valence-electron chi connectivity index (χ0n) is 13.4. The van der Waals surface area contributed by atoms with Gasteiger partial charge in [0.15, 0.2) is 6.61 Å². The van der Waals surface area contributed by atoms with E-state index in [2.05, 4.69) is 10.6 Å². The summed E-state index contributed by atoms with van der Waals surface area (Å²) in [5.74, 6) is 0.536. The number of hydrogen-bond donors (Lipinski definition) is 2. The Bertz CT molecular complexity index is 729. The van der Waals surface area contributed by atoms with Crippen molar-refractivity contribution >= 4 is 17.5 Å². The van der Waals surface area contributed by atoms with Gasteiger partial charge in [-0.15, -0.1) is 0 Å². The first-order valence-corrected chi connectivity index (χ1v) is 8.07. The lowest BCUT2D eigenvalue weighted by Gasteiger charge is -2.17. The quantitative estimate of drug-likeness (QED) is 0.857. The summed E-state index contributed by atoms with van der Waals surface area (Å²) in [6.07, 6.45) is 1.98. The number of carbonyl (C=O) groups is 2. The fraction of sp³-hybridized carbons (Fsp3) is 0.263. The van der Waals surface area contributed by atoms with Crippen LogP contribution >= 0.6 is 0 Å². The second-order valence-corrected chi connectivity index (χ2v) is 5.74. The van der Waals surface area contributed by atoms with Crippen LogP contribution in [-0.4, -0.2) is 25.0 Å². The van der Waals surface area contributed by atoms with Crippen molar-refractivity contribution < 1.29 is 14.3 Å². The third-order valence-corrected chi connectivity index (χ3v) is 3.92. The van der Waals surface area contributed by atoms with Crippen molar-refractivity contribution in [3.8, 4) is 5.75 Å². The molecule has 3 rings (SSSR count). The Hall–Kier alpha value is -2.82. The second kappa shape index (κ2) is 7.64. The van der Waals surface area contributed by atoms with Crippen LogP contribution in [-0.2, 0) is 22.4 Å². The smallest absolute Gasteiger partial charge is 0.257 e. The summed E-state index contributed by atoms with van der Waals surface area (Å²) in [6.45, 7) is 0.572.